The number of rotatable bonds is 7. The summed E-state index contributed by atoms with van der Waals surface area (Å²) in [7, 11) is -0.847. The van der Waals surface area contributed by atoms with E-state index in [0.29, 0.717) is 0 Å². The first-order valence-electron chi connectivity index (χ1n) is 4.82. The maximum Gasteiger partial charge on any atom is 0.0345 e. The van der Waals surface area contributed by atoms with Crippen LogP contribution in [0.25, 0.3) is 0 Å². The van der Waals surface area contributed by atoms with Gasteiger partial charge in [0.25, 0.3) is 0 Å². The second-order valence-electron chi connectivity index (χ2n) is 3.74. The van der Waals surface area contributed by atoms with Crippen LogP contribution < -0.4 is 0 Å². The number of halogens is 2. The third kappa shape index (κ3) is 7.65. The molecule has 0 heterocycles. The molecule has 0 saturated heterocycles. The Morgan fingerprint density at radius 2 is 1.08 bits per heavy atom. The van der Waals surface area contributed by atoms with Crippen LogP contribution >= 0.6 is 23.2 Å². The van der Waals surface area contributed by atoms with Crippen LogP contribution in [0.2, 0.25) is 37.3 Å². The fourth-order valence-corrected chi connectivity index (χ4v) is 9.34. The molecule has 2 atom stereocenters. The summed E-state index contributed by atoms with van der Waals surface area (Å²) in [6, 6.07) is 5.61. The minimum absolute atomic E-state index is 0.424. The van der Waals surface area contributed by atoms with Gasteiger partial charge in [-0.05, 0) is 12.1 Å². The van der Waals surface area contributed by atoms with E-state index in [1.165, 1.54) is 24.2 Å². The van der Waals surface area contributed by atoms with Crippen LogP contribution in [0, 0.1) is 0 Å². The highest BCUT2D eigenvalue weighted by atomic mass is 35.5. The van der Waals surface area contributed by atoms with E-state index in [0.717, 1.165) is 11.8 Å². The van der Waals surface area contributed by atoms with E-state index >= 15 is 0 Å². The zero-order valence-electron chi connectivity index (χ0n) is 8.15. The molecule has 0 aromatic heterocycles. The van der Waals surface area contributed by atoms with Crippen molar-refractivity contribution in [2.75, 3.05) is 11.8 Å². The molecule has 0 aliphatic heterocycles. The summed E-state index contributed by atoms with van der Waals surface area (Å²) in [6.45, 7) is 4.87. The molecular formula is C8H20Cl2Si2. The van der Waals surface area contributed by atoms with Gasteiger partial charge in [0.1, 0.15) is 0 Å². The molecule has 0 spiro atoms. The standard InChI is InChI=1S/C8H20Cl2Si2/c1-11(5-3-9)7-8-12(2)6-4-10/h11-12H,3-8H2,1-2H3. The SMILES string of the molecule is C[SiH](CCCl)CC[SiH](C)CCCl. The Balaban J connectivity index is 3.27. The Bertz CT molecular complexity index is 89.1. The normalized spacial score (nSPS) is 16.0. The third-order valence-electron chi connectivity index (χ3n) is 2.36. The third-order valence-corrected chi connectivity index (χ3v) is 9.38. The molecule has 0 aromatic rings. The first-order chi connectivity index (χ1) is 5.70. The minimum Gasteiger partial charge on any atom is -0.127 e. The fraction of sp³-hybridized carbons (Fsp3) is 1.00. The second kappa shape index (κ2) is 8.60. The van der Waals surface area contributed by atoms with Gasteiger partial charge in [-0.25, -0.2) is 0 Å². The van der Waals surface area contributed by atoms with Crippen LogP contribution in [0.3, 0.4) is 0 Å². The van der Waals surface area contributed by atoms with Crippen LogP contribution in [-0.2, 0) is 0 Å². The summed E-state index contributed by atoms with van der Waals surface area (Å²) >= 11 is 11.4. The Morgan fingerprint density at radius 3 is 1.33 bits per heavy atom. The average molecular weight is 243 g/mol. The average Bonchev–Trinajstić information content (AvgIpc) is 2.02. The summed E-state index contributed by atoms with van der Waals surface area (Å²) in [6.07, 6.45) is 0. The maximum atomic E-state index is 5.70. The van der Waals surface area contributed by atoms with Crippen molar-refractivity contribution < 1.29 is 0 Å². The van der Waals surface area contributed by atoms with Gasteiger partial charge in [-0.15, -0.1) is 23.2 Å². The zero-order chi connectivity index (χ0) is 9.40. The predicted octanol–water partition coefficient (Wildman–Crippen LogP) is 3.18. The van der Waals surface area contributed by atoms with Gasteiger partial charge in [-0.3, -0.25) is 0 Å². The molecule has 0 bridgehead atoms. The van der Waals surface area contributed by atoms with Crippen LogP contribution in [-0.4, -0.2) is 29.4 Å². The van der Waals surface area contributed by atoms with Crippen LogP contribution in [0.4, 0.5) is 0 Å². The van der Waals surface area contributed by atoms with E-state index in [1.54, 1.807) is 0 Å². The first kappa shape index (κ1) is 13.0. The lowest BCUT2D eigenvalue weighted by Gasteiger charge is -2.11. The topological polar surface area (TPSA) is 0 Å². The van der Waals surface area contributed by atoms with E-state index in [4.69, 9.17) is 23.2 Å². The molecule has 0 aliphatic carbocycles. The van der Waals surface area contributed by atoms with Gasteiger partial charge in [0.05, 0.1) is 0 Å². The quantitative estimate of drug-likeness (QED) is 0.476. The van der Waals surface area contributed by atoms with Gasteiger partial charge in [0.15, 0.2) is 0 Å². The smallest absolute Gasteiger partial charge is 0.0345 e. The van der Waals surface area contributed by atoms with Crippen molar-refractivity contribution in [3.63, 3.8) is 0 Å². The van der Waals surface area contributed by atoms with Gasteiger partial charge in [0, 0.05) is 29.4 Å². The maximum absolute atomic E-state index is 5.70. The van der Waals surface area contributed by atoms with Gasteiger partial charge >= 0.3 is 0 Å². The van der Waals surface area contributed by atoms with Crippen molar-refractivity contribution >= 4 is 40.8 Å². The Kier molecular flexibility index (Phi) is 9.33. The first-order valence-corrected chi connectivity index (χ1v) is 11.5. The zero-order valence-corrected chi connectivity index (χ0v) is 12.0. The lowest BCUT2D eigenvalue weighted by Crippen LogP contribution is -2.13. The molecule has 12 heavy (non-hydrogen) atoms. The molecule has 0 rings (SSSR count). The molecule has 0 aliphatic rings. The van der Waals surface area contributed by atoms with E-state index in [1.807, 2.05) is 0 Å². The van der Waals surface area contributed by atoms with Crippen molar-refractivity contribution in [2.24, 2.45) is 0 Å². The number of hydrogen-bond acceptors (Lipinski definition) is 0. The Labute approximate surface area is 89.9 Å². The van der Waals surface area contributed by atoms with Crippen LogP contribution in [0.15, 0.2) is 0 Å². The van der Waals surface area contributed by atoms with Gasteiger partial charge in [0.2, 0.25) is 0 Å². The predicted molar refractivity (Wildman–Crippen MR) is 66.7 cm³/mol. The highest BCUT2D eigenvalue weighted by molar-refractivity contribution is 6.63. The number of alkyl halides is 2. The van der Waals surface area contributed by atoms with Gasteiger partial charge < -0.3 is 0 Å². The fourth-order valence-electron chi connectivity index (χ4n) is 1.23. The van der Waals surface area contributed by atoms with Crippen molar-refractivity contribution in [1.82, 2.24) is 0 Å². The van der Waals surface area contributed by atoms with Gasteiger partial charge in [-0.1, -0.05) is 25.2 Å². The largest absolute Gasteiger partial charge is 0.127 e. The summed E-state index contributed by atoms with van der Waals surface area (Å²) < 4.78 is 0. The van der Waals surface area contributed by atoms with Crippen molar-refractivity contribution in [3.8, 4) is 0 Å². The molecule has 0 nitrogen and oxygen atoms in total. The highest BCUT2D eigenvalue weighted by Gasteiger charge is 2.07. The molecule has 2 unspecified atom stereocenters. The summed E-state index contributed by atoms with van der Waals surface area (Å²) in [5.41, 5.74) is 0. The molecule has 0 N–H and O–H groups in total. The van der Waals surface area contributed by atoms with E-state index < -0.39 is 17.6 Å². The van der Waals surface area contributed by atoms with E-state index in [9.17, 15) is 0 Å². The molecule has 0 radical (unpaired) electrons. The lowest BCUT2D eigenvalue weighted by molar-refractivity contribution is 1.26. The minimum atomic E-state index is -0.424. The van der Waals surface area contributed by atoms with Crippen molar-refractivity contribution in [2.45, 2.75) is 37.3 Å². The number of hydrogen-bond donors (Lipinski definition) is 0. The molecule has 0 aromatic carbocycles. The molecule has 0 saturated carbocycles. The van der Waals surface area contributed by atoms with Crippen LogP contribution in [0.1, 0.15) is 0 Å². The second-order valence-corrected chi connectivity index (χ2v) is 11.2. The monoisotopic (exact) mass is 242 g/mol. The molecule has 4 heteroatoms. The Hall–Kier alpha value is 1.01. The molecular weight excluding hydrogens is 223 g/mol. The van der Waals surface area contributed by atoms with Crippen molar-refractivity contribution in [1.29, 1.82) is 0 Å². The summed E-state index contributed by atoms with van der Waals surface area (Å²) in [4.78, 5) is 0. The molecule has 0 fully saturated rings. The molecule has 0 amide bonds. The van der Waals surface area contributed by atoms with Crippen LogP contribution in [0.5, 0.6) is 0 Å². The van der Waals surface area contributed by atoms with E-state index in [2.05, 4.69) is 13.1 Å². The molecule has 74 valence electrons. The lowest BCUT2D eigenvalue weighted by atomic mass is 10.9. The van der Waals surface area contributed by atoms with Crippen molar-refractivity contribution in [3.05, 3.63) is 0 Å². The highest BCUT2D eigenvalue weighted by Crippen LogP contribution is 2.10. The summed E-state index contributed by atoms with van der Waals surface area (Å²) in [5, 5.41) is 0. The van der Waals surface area contributed by atoms with E-state index in [-0.39, 0.29) is 0 Å². The Morgan fingerprint density at radius 1 is 0.750 bits per heavy atom. The summed E-state index contributed by atoms with van der Waals surface area (Å²) in [5.74, 6) is 1.75. The van der Waals surface area contributed by atoms with Gasteiger partial charge in [-0.2, -0.15) is 0 Å².